The number of hydrogen-bond donors (Lipinski definition) is 0. The Hall–Kier alpha value is -1.96. The highest BCUT2D eigenvalue weighted by atomic mass is 35.5. The van der Waals surface area contributed by atoms with Crippen molar-refractivity contribution in [3.8, 4) is 0 Å². The number of ether oxygens (including phenoxy) is 1. The molecule has 0 bridgehead atoms. The molecule has 0 aliphatic carbocycles. The average molecular weight is 403 g/mol. The van der Waals surface area contributed by atoms with Gasteiger partial charge in [-0.3, -0.25) is 4.90 Å². The van der Waals surface area contributed by atoms with E-state index in [9.17, 15) is 0 Å². The van der Waals surface area contributed by atoms with Crippen LogP contribution in [0.25, 0.3) is 0 Å². The van der Waals surface area contributed by atoms with Crippen LogP contribution in [0.5, 0.6) is 0 Å². The summed E-state index contributed by atoms with van der Waals surface area (Å²) in [5, 5.41) is 0.547. The standard InChI is InChI=1S/C20H27ClN6O/c1-25(19-4-7-22-20(24-19)27-10-12-28-13-11-27)17-5-8-26(9-6-17)15-16-2-3-18(21)23-14-16/h2-4,7,14,17H,5-6,8-13,15H2,1H3. The molecule has 0 radical (unpaired) electrons. The summed E-state index contributed by atoms with van der Waals surface area (Å²) < 4.78 is 5.43. The summed E-state index contributed by atoms with van der Waals surface area (Å²) in [4.78, 5) is 20.5. The average Bonchev–Trinajstić information content (AvgIpc) is 2.76. The van der Waals surface area contributed by atoms with E-state index in [0.29, 0.717) is 11.2 Å². The van der Waals surface area contributed by atoms with Crippen molar-refractivity contribution in [3.63, 3.8) is 0 Å². The van der Waals surface area contributed by atoms with Gasteiger partial charge in [-0.15, -0.1) is 0 Å². The molecule has 0 atom stereocenters. The van der Waals surface area contributed by atoms with E-state index in [4.69, 9.17) is 21.3 Å². The van der Waals surface area contributed by atoms with E-state index in [-0.39, 0.29) is 0 Å². The summed E-state index contributed by atoms with van der Waals surface area (Å²) in [5.41, 5.74) is 1.21. The number of pyridine rings is 1. The Morgan fingerprint density at radius 1 is 1.11 bits per heavy atom. The molecule has 2 aliphatic heterocycles. The lowest BCUT2D eigenvalue weighted by Gasteiger charge is -2.37. The van der Waals surface area contributed by atoms with E-state index in [2.05, 4.69) is 37.8 Å². The van der Waals surface area contributed by atoms with Gasteiger partial charge in [0.15, 0.2) is 0 Å². The zero-order valence-corrected chi connectivity index (χ0v) is 17.1. The molecule has 8 heteroatoms. The number of halogens is 1. The third kappa shape index (κ3) is 4.71. The van der Waals surface area contributed by atoms with Crippen molar-refractivity contribution in [1.29, 1.82) is 0 Å². The highest BCUT2D eigenvalue weighted by molar-refractivity contribution is 6.29. The first-order chi connectivity index (χ1) is 13.7. The Bertz CT molecular complexity index is 760. The van der Waals surface area contributed by atoms with Crippen molar-refractivity contribution < 1.29 is 4.74 Å². The summed E-state index contributed by atoms with van der Waals surface area (Å²) in [6, 6.07) is 6.42. The first-order valence-corrected chi connectivity index (χ1v) is 10.3. The maximum atomic E-state index is 5.88. The summed E-state index contributed by atoms with van der Waals surface area (Å²) >= 11 is 5.88. The predicted octanol–water partition coefficient (Wildman–Crippen LogP) is 2.46. The number of rotatable bonds is 5. The second kappa shape index (κ2) is 9.03. The lowest BCUT2D eigenvalue weighted by Crippen LogP contribution is -2.43. The van der Waals surface area contributed by atoms with Gasteiger partial charge in [-0.05, 0) is 30.5 Å². The molecule has 4 rings (SSSR count). The van der Waals surface area contributed by atoms with Crippen molar-refractivity contribution in [3.05, 3.63) is 41.3 Å². The highest BCUT2D eigenvalue weighted by Crippen LogP contribution is 2.23. The van der Waals surface area contributed by atoms with Gasteiger partial charge in [-0.2, -0.15) is 4.98 Å². The van der Waals surface area contributed by atoms with E-state index in [1.54, 1.807) is 0 Å². The molecule has 0 spiro atoms. The normalized spacial score (nSPS) is 19.0. The molecule has 0 N–H and O–H groups in total. The quantitative estimate of drug-likeness (QED) is 0.712. The molecule has 0 saturated carbocycles. The minimum Gasteiger partial charge on any atom is -0.378 e. The zero-order chi connectivity index (χ0) is 19.3. The molecule has 0 aromatic carbocycles. The fourth-order valence-corrected chi connectivity index (χ4v) is 3.97. The minimum atomic E-state index is 0.493. The number of likely N-dealkylation sites (tertiary alicyclic amines) is 1. The van der Waals surface area contributed by atoms with E-state index in [0.717, 1.165) is 70.5 Å². The summed E-state index contributed by atoms with van der Waals surface area (Å²) in [5.74, 6) is 1.80. The largest absolute Gasteiger partial charge is 0.378 e. The number of anilines is 2. The molecule has 2 aromatic heterocycles. The van der Waals surface area contributed by atoms with Gasteiger partial charge in [-0.1, -0.05) is 17.7 Å². The molecule has 0 amide bonds. The Balaban J connectivity index is 1.33. The topological polar surface area (TPSA) is 57.6 Å². The smallest absolute Gasteiger partial charge is 0.227 e. The van der Waals surface area contributed by atoms with Crippen LogP contribution in [-0.4, -0.2) is 72.3 Å². The van der Waals surface area contributed by atoms with E-state index >= 15 is 0 Å². The second-order valence-corrected chi connectivity index (χ2v) is 7.81. The van der Waals surface area contributed by atoms with Gasteiger partial charge in [-0.25, -0.2) is 9.97 Å². The molecule has 28 heavy (non-hydrogen) atoms. The zero-order valence-electron chi connectivity index (χ0n) is 16.3. The van der Waals surface area contributed by atoms with E-state index in [1.165, 1.54) is 5.56 Å². The Morgan fingerprint density at radius 2 is 1.89 bits per heavy atom. The molecule has 2 aliphatic rings. The Morgan fingerprint density at radius 3 is 2.61 bits per heavy atom. The first kappa shape index (κ1) is 19.4. The van der Waals surface area contributed by atoms with Gasteiger partial charge in [0.05, 0.1) is 13.2 Å². The molecule has 2 fully saturated rings. The SMILES string of the molecule is CN(c1ccnc(N2CCOCC2)n1)C1CCN(Cc2ccc(Cl)nc2)CC1. The maximum absolute atomic E-state index is 5.88. The fourth-order valence-electron chi connectivity index (χ4n) is 3.86. The van der Waals surface area contributed by atoms with Crippen LogP contribution in [0.1, 0.15) is 18.4 Å². The van der Waals surface area contributed by atoms with Gasteiger partial charge >= 0.3 is 0 Å². The Labute approximate surface area is 171 Å². The second-order valence-electron chi connectivity index (χ2n) is 7.42. The van der Waals surface area contributed by atoms with Crippen molar-refractivity contribution in [2.45, 2.75) is 25.4 Å². The van der Waals surface area contributed by atoms with Crippen molar-refractivity contribution in [2.75, 3.05) is 56.2 Å². The first-order valence-electron chi connectivity index (χ1n) is 9.90. The third-order valence-corrected chi connectivity index (χ3v) is 5.81. The predicted molar refractivity (Wildman–Crippen MR) is 111 cm³/mol. The number of piperidine rings is 1. The number of hydrogen-bond acceptors (Lipinski definition) is 7. The van der Waals surface area contributed by atoms with Crippen LogP contribution in [-0.2, 0) is 11.3 Å². The van der Waals surface area contributed by atoms with Crippen LogP contribution < -0.4 is 9.80 Å². The van der Waals surface area contributed by atoms with E-state index in [1.807, 2.05) is 24.5 Å². The van der Waals surface area contributed by atoms with Crippen molar-refractivity contribution in [2.24, 2.45) is 0 Å². The minimum absolute atomic E-state index is 0.493. The third-order valence-electron chi connectivity index (χ3n) is 5.58. The summed E-state index contributed by atoms with van der Waals surface area (Å²) in [6.45, 7) is 6.25. The lowest BCUT2D eigenvalue weighted by atomic mass is 10.0. The summed E-state index contributed by atoms with van der Waals surface area (Å²) in [7, 11) is 2.15. The highest BCUT2D eigenvalue weighted by Gasteiger charge is 2.24. The van der Waals surface area contributed by atoms with Gasteiger partial charge < -0.3 is 14.5 Å². The van der Waals surface area contributed by atoms with Crippen molar-refractivity contribution >= 4 is 23.4 Å². The van der Waals surface area contributed by atoms with Crippen LogP contribution in [0, 0.1) is 0 Å². The molecule has 2 saturated heterocycles. The maximum Gasteiger partial charge on any atom is 0.227 e. The van der Waals surface area contributed by atoms with Crippen LogP contribution in [0.3, 0.4) is 0 Å². The summed E-state index contributed by atoms with van der Waals surface area (Å²) in [6.07, 6.45) is 5.98. The fraction of sp³-hybridized carbons (Fsp3) is 0.550. The van der Waals surface area contributed by atoms with Crippen LogP contribution >= 0.6 is 11.6 Å². The monoisotopic (exact) mass is 402 g/mol. The van der Waals surface area contributed by atoms with Crippen LogP contribution in [0.2, 0.25) is 5.15 Å². The molecular weight excluding hydrogens is 376 g/mol. The molecule has 2 aromatic rings. The van der Waals surface area contributed by atoms with Gasteiger partial charge in [0, 0.05) is 58.2 Å². The Kier molecular flexibility index (Phi) is 6.24. The van der Waals surface area contributed by atoms with Gasteiger partial charge in [0.25, 0.3) is 0 Å². The molecule has 150 valence electrons. The molecule has 4 heterocycles. The van der Waals surface area contributed by atoms with Gasteiger partial charge in [0.1, 0.15) is 11.0 Å². The number of morpholine rings is 1. The lowest BCUT2D eigenvalue weighted by molar-refractivity contribution is 0.122. The number of nitrogens with zero attached hydrogens (tertiary/aromatic N) is 6. The van der Waals surface area contributed by atoms with E-state index < -0.39 is 0 Å². The number of aromatic nitrogens is 3. The van der Waals surface area contributed by atoms with Crippen molar-refractivity contribution in [1.82, 2.24) is 19.9 Å². The van der Waals surface area contributed by atoms with Crippen LogP contribution in [0.4, 0.5) is 11.8 Å². The molecule has 0 unspecified atom stereocenters. The molecular formula is C20H27ClN6O. The molecule has 7 nitrogen and oxygen atoms in total. The van der Waals surface area contributed by atoms with Gasteiger partial charge in [0.2, 0.25) is 5.95 Å². The van der Waals surface area contributed by atoms with Crippen LogP contribution in [0.15, 0.2) is 30.6 Å².